The van der Waals surface area contributed by atoms with Crippen LogP contribution in [0.25, 0.3) is 0 Å². The Morgan fingerprint density at radius 1 is 1.06 bits per heavy atom. The van der Waals surface area contributed by atoms with Gasteiger partial charge in [0.15, 0.2) is 0 Å². The molecule has 168 valence electrons. The first-order valence-corrected chi connectivity index (χ1v) is 11.1. The van der Waals surface area contributed by atoms with E-state index in [1.165, 1.54) is 12.1 Å². The Bertz CT molecular complexity index is 989. The maximum Gasteiger partial charge on any atom is 0.325 e. The number of amides is 4. The third-order valence-corrected chi connectivity index (χ3v) is 6.52. The molecule has 2 aliphatic rings. The van der Waals surface area contributed by atoms with E-state index in [0.717, 1.165) is 42.6 Å². The van der Waals surface area contributed by atoms with Gasteiger partial charge in [-0.15, -0.1) is 0 Å². The van der Waals surface area contributed by atoms with E-state index in [0.29, 0.717) is 12.1 Å². The van der Waals surface area contributed by atoms with Crippen molar-refractivity contribution in [1.82, 2.24) is 15.1 Å². The second-order valence-electron chi connectivity index (χ2n) is 8.75. The monoisotopic (exact) mass is 437 g/mol. The molecule has 1 N–H and O–H groups in total. The summed E-state index contributed by atoms with van der Waals surface area (Å²) in [5, 5.41) is 2.75. The predicted octanol–water partition coefficient (Wildman–Crippen LogP) is 3.95. The minimum absolute atomic E-state index is 0.0441. The van der Waals surface area contributed by atoms with Crippen LogP contribution in [0.4, 0.5) is 9.18 Å². The third kappa shape index (κ3) is 4.38. The van der Waals surface area contributed by atoms with Crippen molar-refractivity contribution in [3.05, 3.63) is 71.5 Å². The number of nitrogens with zero attached hydrogens (tertiary/aromatic N) is 2. The molecule has 7 heteroatoms. The lowest BCUT2D eigenvalue weighted by molar-refractivity contribution is -0.141. The summed E-state index contributed by atoms with van der Waals surface area (Å²) in [6.45, 7) is 1.67. The van der Waals surface area contributed by atoms with Crippen LogP contribution in [0.2, 0.25) is 0 Å². The summed E-state index contributed by atoms with van der Waals surface area (Å²) in [6.07, 6.45) is 4.97. The van der Waals surface area contributed by atoms with E-state index < -0.39 is 17.5 Å². The van der Waals surface area contributed by atoms with Crippen LogP contribution in [-0.2, 0) is 21.7 Å². The lowest BCUT2D eigenvalue weighted by atomic mass is 9.92. The number of carbonyl (C=O) groups is 3. The van der Waals surface area contributed by atoms with Gasteiger partial charge in [0.05, 0.1) is 0 Å². The number of hydrogen-bond acceptors (Lipinski definition) is 3. The second kappa shape index (κ2) is 9.10. The largest absolute Gasteiger partial charge is 0.334 e. The van der Waals surface area contributed by atoms with Crippen molar-refractivity contribution in [2.24, 2.45) is 0 Å². The van der Waals surface area contributed by atoms with Crippen LogP contribution in [0, 0.1) is 5.82 Å². The number of rotatable bonds is 6. The zero-order valence-electron chi connectivity index (χ0n) is 18.2. The van der Waals surface area contributed by atoms with Crippen molar-refractivity contribution >= 4 is 17.8 Å². The van der Waals surface area contributed by atoms with Gasteiger partial charge in [0.25, 0.3) is 5.91 Å². The fourth-order valence-corrected chi connectivity index (χ4v) is 4.63. The SMILES string of the molecule is CC1(c2ccccc2)NC(=O)N(CC(=O)N(Cc2ccc(F)cc2)C2CCCCC2)C1=O. The van der Waals surface area contributed by atoms with Crippen molar-refractivity contribution in [2.45, 2.75) is 57.2 Å². The van der Waals surface area contributed by atoms with Gasteiger partial charge in [-0.25, -0.2) is 9.18 Å². The standard InChI is InChI=1S/C25H28FN3O3/c1-25(19-8-4-2-5-9-19)23(31)29(24(32)27-25)17-22(30)28(21-10-6-3-7-11-21)16-18-12-14-20(26)15-13-18/h2,4-5,8-9,12-15,21H,3,6-7,10-11,16-17H2,1H3,(H,27,32). The molecule has 0 aromatic heterocycles. The van der Waals surface area contributed by atoms with Crippen LogP contribution in [0.5, 0.6) is 0 Å². The fraction of sp³-hybridized carbons (Fsp3) is 0.400. The molecular weight excluding hydrogens is 409 g/mol. The average molecular weight is 438 g/mol. The molecule has 1 unspecified atom stereocenters. The number of imide groups is 1. The van der Waals surface area contributed by atoms with Gasteiger partial charge < -0.3 is 10.2 Å². The van der Waals surface area contributed by atoms with Crippen molar-refractivity contribution in [3.63, 3.8) is 0 Å². The Labute approximate surface area is 187 Å². The number of halogens is 1. The number of nitrogens with one attached hydrogen (secondary N) is 1. The van der Waals surface area contributed by atoms with Crippen LogP contribution in [0.15, 0.2) is 54.6 Å². The highest BCUT2D eigenvalue weighted by Gasteiger charge is 2.49. The summed E-state index contributed by atoms with van der Waals surface area (Å²) < 4.78 is 13.3. The topological polar surface area (TPSA) is 69.7 Å². The second-order valence-corrected chi connectivity index (χ2v) is 8.75. The Kier molecular flexibility index (Phi) is 6.26. The zero-order valence-corrected chi connectivity index (χ0v) is 18.2. The maximum absolute atomic E-state index is 13.4. The number of benzene rings is 2. The number of carbonyl (C=O) groups excluding carboxylic acids is 3. The minimum atomic E-state index is -1.20. The van der Waals surface area contributed by atoms with Crippen LogP contribution in [0.1, 0.15) is 50.2 Å². The van der Waals surface area contributed by atoms with E-state index in [-0.39, 0.29) is 24.3 Å². The molecule has 2 aromatic rings. The van der Waals surface area contributed by atoms with Gasteiger partial charge in [0, 0.05) is 12.6 Å². The first-order valence-electron chi connectivity index (χ1n) is 11.1. The molecule has 4 amide bonds. The molecule has 2 fully saturated rings. The van der Waals surface area contributed by atoms with Gasteiger partial charge in [-0.05, 0) is 43.0 Å². The Morgan fingerprint density at radius 3 is 2.38 bits per heavy atom. The molecule has 1 aliphatic heterocycles. The van der Waals surface area contributed by atoms with E-state index in [4.69, 9.17) is 0 Å². The fourth-order valence-electron chi connectivity index (χ4n) is 4.63. The van der Waals surface area contributed by atoms with Crippen LogP contribution < -0.4 is 5.32 Å². The van der Waals surface area contributed by atoms with Gasteiger partial charge in [-0.3, -0.25) is 14.5 Å². The molecule has 0 radical (unpaired) electrons. The van der Waals surface area contributed by atoms with E-state index in [2.05, 4.69) is 5.32 Å². The van der Waals surface area contributed by atoms with Gasteiger partial charge in [0.1, 0.15) is 17.9 Å². The molecule has 1 aliphatic carbocycles. The van der Waals surface area contributed by atoms with E-state index in [9.17, 15) is 18.8 Å². The quantitative estimate of drug-likeness (QED) is 0.696. The summed E-state index contributed by atoms with van der Waals surface area (Å²) in [4.78, 5) is 42.0. The molecule has 32 heavy (non-hydrogen) atoms. The minimum Gasteiger partial charge on any atom is -0.334 e. The van der Waals surface area contributed by atoms with Gasteiger partial charge in [-0.2, -0.15) is 0 Å². The summed E-state index contributed by atoms with van der Waals surface area (Å²) in [5.41, 5.74) is 0.283. The molecular formula is C25H28FN3O3. The normalized spacial score (nSPS) is 21.5. The first kappa shape index (κ1) is 22.0. The lowest BCUT2D eigenvalue weighted by Crippen LogP contribution is -2.48. The molecule has 1 saturated carbocycles. The highest BCUT2D eigenvalue weighted by atomic mass is 19.1. The molecule has 4 rings (SSSR count). The number of urea groups is 1. The Balaban J connectivity index is 1.54. The van der Waals surface area contributed by atoms with Gasteiger partial charge in [0.2, 0.25) is 5.91 Å². The molecule has 0 bridgehead atoms. The molecule has 1 heterocycles. The van der Waals surface area contributed by atoms with Gasteiger partial charge >= 0.3 is 6.03 Å². The highest BCUT2D eigenvalue weighted by Crippen LogP contribution is 2.29. The summed E-state index contributed by atoms with van der Waals surface area (Å²) >= 11 is 0. The highest BCUT2D eigenvalue weighted by molar-refractivity contribution is 6.09. The lowest BCUT2D eigenvalue weighted by Gasteiger charge is -2.35. The molecule has 1 atom stereocenters. The summed E-state index contributed by atoms with van der Waals surface area (Å²) in [7, 11) is 0. The Hall–Kier alpha value is -3.22. The van der Waals surface area contributed by atoms with Crippen LogP contribution in [-0.4, -0.2) is 40.2 Å². The predicted molar refractivity (Wildman–Crippen MR) is 118 cm³/mol. The van der Waals surface area contributed by atoms with Crippen molar-refractivity contribution in [3.8, 4) is 0 Å². The number of hydrogen-bond donors (Lipinski definition) is 1. The van der Waals surface area contributed by atoms with Crippen LogP contribution in [0.3, 0.4) is 0 Å². The molecule has 0 spiro atoms. The summed E-state index contributed by atoms with van der Waals surface area (Å²) in [6, 6.07) is 14.6. The van der Waals surface area contributed by atoms with E-state index in [1.807, 2.05) is 6.07 Å². The molecule has 2 aromatic carbocycles. The summed E-state index contributed by atoms with van der Waals surface area (Å²) in [5.74, 6) is -1.04. The van der Waals surface area contributed by atoms with Gasteiger partial charge in [-0.1, -0.05) is 61.7 Å². The third-order valence-electron chi connectivity index (χ3n) is 6.52. The van der Waals surface area contributed by atoms with Crippen LogP contribution >= 0.6 is 0 Å². The van der Waals surface area contributed by atoms with Crippen molar-refractivity contribution in [2.75, 3.05) is 6.54 Å². The van der Waals surface area contributed by atoms with Crippen molar-refractivity contribution < 1.29 is 18.8 Å². The zero-order chi connectivity index (χ0) is 22.7. The maximum atomic E-state index is 13.4. The average Bonchev–Trinajstić information content (AvgIpc) is 3.03. The smallest absolute Gasteiger partial charge is 0.325 e. The van der Waals surface area contributed by atoms with Crippen molar-refractivity contribution in [1.29, 1.82) is 0 Å². The first-order chi connectivity index (χ1) is 15.4. The Morgan fingerprint density at radius 2 is 1.72 bits per heavy atom. The van der Waals surface area contributed by atoms with E-state index in [1.54, 1.807) is 48.2 Å². The van der Waals surface area contributed by atoms with E-state index >= 15 is 0 Å². The molecule has 6 nitrogen and oxygen atoms in total. The molecule has 1 saturated heterocycles.